The second-order valence-corrected chi connectivity index (χ2v) is 7.04. The standard InChI is InChI=1S/C21H21ClFN5O4/c1-3-6-32-20-15(22)7-13(8-18(20)31-2)21(30)26-14-4-5-16(23)17(9-14)27-19(29)10-28-12-24-11-25-28/h4-5,7-9,11-12H,3,6,10H2,1-2H3,(H,26,30)(H,27,29). The summed E-state index contributed by atoms with van der Waals surface area (Å²) in [7, 11) is 1.44. The van der Waals surface area contributed by atoms with Crippen LogP contribution in [0.3, 0.4) is 0 Å². The van der Waals surface area contributed by atoms with Crippen LogP contribution in [0.1, 0.15) is 23.7 Å². The molecule has 0 aliphatic rings. The van der Waals surface area contributed by atoms with E-state index in [4.69, 9.17) is 21.1 Å². The van der Waals surface area contributed by atoms with Crippen LogP contribution in [0.4, 0.5) is 15.8 Å². The van der Waals surface area contributed by atoms with Crippen LogP contribution in [-0.4, -0.2) is 40.3 Å². The molecule has 0 saturated heterocycles. The molecule has 0 fully saturated rings. The van der Waals surface area contributed by atoms with E-state index >= 15 is 0 Å². The molecule has 3 rings (SSSR count). The van der Waals surface area contributed by atoms with Gasteiger partial charge in [0.05, 0.1) is 24.4 Å². The maximum absolute atomic E-state index is 14.2. The molecular weight excluding hydrogens is 441 g/mol. The van der Waals surface area contributed by atoms with Crippen LogP contribution < -0.4 is 20.1 Å². The summed E-state index contributed by atoms with van der Waals surface area (Å²) in [5.74, 6) is -0.990. The van der Waals surface area contributed by atoms with E-state index in [0.29, 0.717) is 18.1 Å². The number of nitrogens with one attached hydrogen (secondary N) is 2. The van der Waals surface area contributed by atoms with Gasteiger partial charge in [0.25, 0.3) is 5.91 Å². The average Bonchev–Trinajstić information content (AvgIpc) is 3.27. The molecule has 0 radical (unpaired) electrons. The zero-order valence-electron chi connectivity index (χ0n) is 17.4. The number of benzene rings is 2. The molecule has 0 aliphatic heterocycles. The summed E-state index contributed by atoms with van der Waals surface area (Å²) < 4.78 is 26.3. The lowest BCUT2D eigenvalue weighted by Crippen LogP contribution is -2.20. The number of hydrogen-bond acceptors (Lipinski definition) is 6. The fraction of sp³-hybridized carbons (Fsp3) is 0.238. The van der Waals surface area contributed by atoms with E-state index in [9.17, 15) is 14.0 Å². The van der Waals surface area contributed by atoms with Crippen LogP contribution in [0.2, 0.25) is 5.02 Å². The number of hydrogen-bond donors (Lipinski definition) is 2. The Hall–Kier alpha value is -3.66. The number of halogens is 2. The molecule has 11 heteroatoms. The second kappa shape index (κ2) is 10.6. The number of anilines is 2. The summed E-state index contributed by atoms with van der Waals surface area (Å²) in [6.45, 7) is 2.26. The van der Waals surface area contributed by atoms with Crippen molar-refractivity contribution in [2.24, 2.45) is 0 Å². The van der Waals surface area contributed by atoms with Gasteiger partial charge in [0.15, 0.2) is 11.5 Å². The van der Waals surface area contributed by atoms with Crippen LogP contribution in [0, 0.1) is 5.82 Å². The van der Waals surface area contributed by atoms with Crippen molar-refractivity contribution in [2.75, 3.05) is 24.4 Å². The molecule has 1 heterocycles. The second-order valence-electron chi connectivity index (χ2n) is 6.63. The zero-order chi connectivity index (χ0) is 23.1. The minimum Gasteiger partial charge on any atom is -0.493 e. The molecule has 2 aromatic carbocycles. The fourth-order valence-corrected chi connectivity index (χ4v) is 3.01. The average molecular weight is 462 g/mol. The van der Waals surface area contributed by atoms with Gasteiger partial charge in [-0.25, -0.2) is 14.1 Å². The summed E-state index contributed by atoms with van der Waals surface area (Å²) in [6, 6.07) is 6.77. The lowest BCUT2D eigenvalue weighted by Gasteiger charge is -2.14. The Morgan fingerprint density at radius 3 is 2.72 bits per heavy atom. The van der Waals surface area contributed by atoms with Crippen molar-refractivity contribution < 1.29 is 23.5 Å². The molecule has 0 saturated carbocycles. The first kappa shape index (κ1) is 23.0. The number of aromatic nitrogens is 3. The summed E-state index contributed by atoms with van der Waals surface area (Å²) in [5, 5.41) is 9.13. The molecule has 2 N–H and O–H groups in total. The molecule has 0 spiro atoms. The van der Waals surface area contributed by atoms with Crippen molar-refractivity contribution in [3.63, 3.8) is 0 Å². The third kappa shape index (κ3) is 5.73. The van der Waals surface area contributed by atoms with E-state index in [1.807, 2.05) is 6.92 Å². The van der Waals surface area contributed by atoms with Gasteiger partial charge in [-0.15, -0.1) is 0 Å². The number of rotatable bonds is 9. The molecule has 3 aromatic rings. The predicted octanol–water partition coefficient (Wildman–Crippen LogP) is 3.76. The lowest BCUT2D eigenvalue weighted by molar-refractivity contribution is -0.116. The Kier molecular flexibility index (Phi) is 7.61. The number of amides is 2. The molecule has 2 amide bonds. The van der Waals surface area contributed by atoms with E-state index < -0.39 is 17.6 Å². The topological polar surface area (TPSA) is 107 Å². The fourth-order valence-electron chi connectivity index (χ4n) is 2.75. The highest BCUT2D eigenvalue weighted by atomic mass is 35.5. The third-order valence-electron chi connectivity index (χ3n) is 4.21. The van der Waals surface area contributed by atoms with Crippen LogP contribution in [-0.2, 0) is 11.3 Å². The Morgan fingerprint density at radius 1 is 1.22 bits per heavy atom. The van der Waals surface area contributed by atoms with Gasteiger partial charge < -0.3 is 20.1 Å². The minimum atomic E-state index is -0.655. The summed E-state index contributed by atoms with van der Waals surface area (Å²) in [6.07, 6.45) is 3.43. The summed E-state index contributed by atoms with van der Waals surface area (Å²) in [4.78, 5) is 28.6. The van der Waals surface area contributed by atoms with Crippen molar-refractivity contribution in [3.05, 3.63) is 59.4 Å². The highest BCUT2D eigenvalue weighted by Crippen LogP contribution is 2.36. The third-order valence-corrected chi connectivity index (χ3v) is 4.49. The maximum atomic E-state index is 14.2. The number of ether oxygens (including phenoxy) is 2. The first-order valence-electron chi connectivity index (χ1n) is 9.64. The van der Waals surface area contributed by atoms with Crippen LogP contribution in [0.25, 0.3) is 0 Å². The minimum absolute atomic E-state index is 0.0909. The molecule has 0 bridgehead atoms. The van der Waals surface area contributed by atoms with E-state index in [0.717, 1.165) is 12.5 Å². The van der Waals surface area contributed by atoms with Crippen molar-refractivity contribution in [1.82, 2.24) is 14.8 Å². The SMILES string of the molecule is CCCOc1c(Cl)cc(C(=O)Nc2ccc(F)c(NC(=O)Cn3cncn3)c2)cc1OC. The van der Waals surface area contributed by atoms with Crippen molar-refractivity contribution in [2.45, 2.75) is 19.9 Å². The smallest absolute Gasteiger partial charge is 0.255 e. The Bertz CT molecular complexity index is 1110. The van der Waals surface area contributed by atoms with Crippen molar-refractivity contribution in [1.29, 1.82) is 0 Å². The molecule has 32 heavy (non-hydrogen) atoms. The van der Waals surface area contributed by atoms with Gasteiger partial charge in [-0.2, -0.15) is 5.10 Å². The van der Waals surface area contributed by atoms with Crippen molar-refractivity contribution >= 4 is 34.8 Å². The van der Waals surface area contributed by atoms with E-state index in [2.05, 4.69) is 20.7 Å². The maximum Gasteiger partial charge on any atom is 0.255 e. The van der Waals surface area contributed by atoms with E-state index in [1.165, 1.54) is 48.7 Å². The molecule has 0 aliphatic carbocycles. The van der Waals surface area contributed by atoms with Gasteiger partial charge in [-0.3, -0.25) is 9.59 Å². The molecule has 9 nitrogen and oxygen atoms in total. The zero-order valence-corrected chi connectivity index (χ0v) is 18.1. The number of methoxy groups -OCH3 is 1. The van der Waals surface area contributed by atoms with Crippen LogP contribution >= 0.6 is 11.6 Å². The summed E-state index contributed by atoms with van der Waals surface area (Å²) >= 11 is 6.26. The Balaban J connectivity index is 1.74. The highest BCUT2D eigenvalue weighted by molar-refractivity contribution is 6.32. The quantitative estimate of drug-likeness (QED) is 0.502. The van der Waals surface area contributed by atoms with Crippen molar-refractivity contribution in [3.8, 4) is 11.5 Å². The predicted molar refractivity (Wildman–Crippen MR) is 117 cm³/mol. The van der Waals surface area contributed by atoms with E-state index in [-0.39, 0.29) is 28.5 Å². The number of carbonyl (C=O) groups is 2. The Morgan fingerprint density at radius 2 is 2.03 bits per heavy atom. The number of nitrogens with zero attached hydrogens (tertiary/aromatic N) is 3. The highest BCUT2D eigenvalue weighted by Gasteiger charge is 2.17. The molecule has 0 atom stereocenters. The van der Waals surface area contributed by atoms with Gasteiger partial charge in [-0.05, 0) is 36.8 Å². The molecular formula is C21H21ClFN5O4. The first-order chi connectivity index (χ1) is 15.4. The van der Waals surface area contributed by atoms with Gasteiger partial charge in [0, 0.05) is 11.3 Å². The van der Waals surface area contributed by atoms with Crippen LogP contribution in [0.5, 0.6) is 11.5 Å². The first-order valence-corrected chi connectivity index (χ1v) is 10.0. The lowest BCUT2D eigenvalue weighted by atomic mass is 10.1. The molecule has 168 valence electrons. The van der Waals surface area contributed by atoms with Gasteiger partial charge in [-0.1, -0.05) is 18.5 Å². The monoisotopic (exact) mass is 461 g/mol. The largest absolute Gasteiger partial charge is 0.493 e. The van der Waals surface area contributed by atoms with Gasteiger partial charge in [0.1, 0.15) is 25.0 Å². The number of carbonyl (C=O) groups excluding carboxylic acids is 2. The van der Waals surface area contributed by atoms with E-state index in [1.54, 1.807) is 0 Å². The van der Waals surface area contributed by atoms with Gasteiger partial charge in [0.2, 0.25) is 5.91 Å². The van der Waals surface area contributed by atoms with Crippen LogP contribution in [0.15, 0.2) is 43.0 Å². The normalized spacial score (nSPS) is 10.5. The Labute approximate surface area is 188 Å². The molecule has 1 aromatic heterocycles. The van der Waals surface area contributed by atoms with Gasteiger partial charge >= 0.3 is 0 Å². The molecule has 0 unspecified atom stereocenters. The summed E-state index contributed by atoms with van der Waals surface area (Å²) in [5.41, 5.74) is 0.400.